The lowest BCUT2D eigenvalue weighted by atomic mass is 10.0. The number of carboxylic acid groups (broad SMARTS) is 1. The summed E-state index contributed by atoms with van der Waals surface area (Å²) in [6.07, 6.45) is -2.92. The molecule has 0 saturated heterocycles. The Morgan fingerprint density at radius 1 is 1.05 bits per heavy atom. The zero-order valence-corrected chi connectivity index (χ0v) is 22.2. The van der Waals surface area contributed by atoms with Crippen LogP contribution >= 0.6 is 0 Å². The number of amides is 2. The minimum Gasteiger partial charge on any atom is -0.465 e. The first-order valence-electron chi connectivity index (χ1n) is 12.2. The second-order valence-corrected chi connectivity index (χ2v) is 10.0. The van der Waals surface area contributed by atoms with E-state index in [4.69, 9.17) is 0 Å². The van der Waals surface area contributed by atoms with Crippen molar-refractivity contribution >= 4 is 17.7 Å². The fraction of sp³-hybridized carbons (Fsp3) is 0.250. The highest BCUT2D eigenvalue weighted by atomic mass is 19.4. The number of halogens is 3. The van der Waals surface area contributed by atoms with Crippen LogP contribution in [0.4, 0.5) is 23.7 Å². The maximum Gasteiger partial charge on any atom is 0.417 e. The SMILES string of the molecule is Cn1ccc(-c2cc(C(=O)Nc3cnc(CN(C(=O)O)C(C)(C)C)nc3-c3ccccc3)ccc2C(F)(F)F)n1. The fourth-order valence-electron chi connectivity index (χ4n) is 4.03. The Bertz CT molecular complexity index is 1550. The predicted molar refractivity (Wildman–Crippen MR) is 142 cm³/mol. The molecule has 0 aliphatic heterocycles. The lowest BCUT2D eigenvalue weighted by Gasteiger charge is -2.32. The van der Waals surface area contributed by atoms with Gasteiger partial charge in [0.25, 0.3) is 5.91 Å². The Balaban J connectivity index is 1.72. The Labute approximate surface area is 228 Å². The van der Waals surface area contributed by atoms with E-state index in [-0.39, 0.29) is 34.9 Å². The van der Waals surface area contributed by atoms with Gasteiger partial charge < -0.3 is 10.4 Å². The van der Waals surface area contributed by atoms with Gasteiger partial charge in [0.15, 0.2) is 0 Å². The molecule has 4 rings (SSSR count). The fourth-order valence-corrected chi connectivity index (χ4v) is 4.03. The molecule has 2 aromatic heterocycles. The molecule has 0 spiro atoms. The average molecular weight is 553 g/mol. The monoisotopic (exact) mass is 552 g/mol. The molecule has 2 aromatic carbocycles. The van der Waals surface area contributed by atoms with E-state index in [2.05, 4.69) is 20.4 Å². The number of hydrogen-bond acceptors (Lipinski definition) is 5. The molecule has 0 saturated carbocycles. The van der Waals surface area contributed by atoms with Crippen molar-refractivity contribution in [2.75, 3.05) is 5.32 Å². The summed E-state index contributed by atoms with van der Waals surface area (Å²) in [4.78, 5) is 35.1. The second kappa shape index (κ2) is 10.8. The topological polar surface area (TPSA) is 113 Å². The van der Waals surface area contributed by atoms with Gasteiger partial charge in [0, 0.05) is 35.5 Å². The standard InChI is InChI=1S/C28H27F3N6O3/c1-27(2,3)37(26(39)40)16-23-32-15-22(24(34-23)17-8-6-5-7-9-17)33-25(38)18-10-11-20(28(29,30)31)19(14-18)21-12-13-36(4)35-21/h5-15H,16H2,1-4H3,(H,33,38)(H,39,40). The molecule has 2 N–H and O–H groups in total. The molecule has 208 valence electrons. The number of aryl methyl sites for hydroxylation is 1. The number of carbonyl (C=O) groups is 2. The highest BCUT2D eigenvalue weighted by Crippen LogP contribution is 2.37. The van der Waals surface area contributed by atoms with Gasteiger partial charge in [0.2, 0.25) is 0 Å². The summed E-state index contributed by atoms with van der Waals surface area (Å²) in [6.45, 7) is 5.14. The first kappa shape index (κ1) is 28.3. The number of rotatable bonds is 6. The second-order valence-electron chi connectivity index (χ2n) is 10.0. The first-order valence-corrected chi connectivity index (χ1v) is 12.2. The van der Waals surface area contributed by atoms with E-state index in [1.165, 1.54) is 28.0 Å². The molecular weight excluding hydrogens is 525 g/mol. The minimum absolute atomic E-state index is 0.0264. The molecule has 0 bridgehead atoms. The molecular formula is C28H27F3N6O3. The average Bonchev–Trinajstić information content (AvgIpc) is 3.32. The maximum atomic E-state index is 13.7. The molecule has 0 aliphatic carbocycles. The number of carbonyl (C=O) groups excluding carboxylic acids is 1. The van der Waals surface area contributed by atoms with E-state index in [1.807, 2.05) is 0 Å². The summed E-state index contributed by atoms with van der Waals surface area (Å²) in [7, 11) is 1.58. The first-order chi connectivity index (χ1) is 18.7. The van der Waals surface area contributed by atoms with Crippen molar-refractivity contribution in [3.05, 3.63) is 83.9 Å². The van der Waals surface area contributed by atoms with Gasteiger partial charge in [0.1, 0.15) is 5.82 Å². The van der Waals surface area contributed by atoms with Crippen molar-refractivity contribution in [3.63, 3.8) is 0 Å². The zero-order valence-electron chi connectivity index (χ0n) is 22.2. The molecule has 4 aromatic rings. The van der Waals surface area contributed by atoms with E-state index in [0.717, 1.165) is 18.2 Å². The normalized spacial score (nSPS) is 11.8. The van der Waals surface area contributed by atoms with Gasteiger partial charge in [-0.2, -0.15) is 18.3 Å². The Morgan fingerprint density at radius 3 is 2.33 bits per heavy atom. The van der Waals surface area contributed by atoms with Crippen LogP contribution in [0.3, 0.4) is 0 Å². The van der Waals surface area contributed by atoms with E-state index >= 15 is 0 Å². The third-order valence-electron chi connectivity index (χ3n) is 6.05. The number of hydrogen-bond donors (Lipinski definition) is 2. The number of nitrogens with one attached hydrogen (secondary N) is 1. The van der Waals surface area contributed by atoms with Crippen LogP contribution in [0.2, 0.25) is 0 Å². The van der Waals surface area contributed by atoms with Gasteiger partial charge in [-0.3, -0.25) is 14.4 Å². The molecule has 9 nitrogen and oxygen atoms in total. The molecule has 0 fully saturated rings. The Hall–Kier alpha value is -4.74. The summed E-state index contributed by atoms with van der Waals surface area (Å²) in [5, 5.41) is 16.4. The maximum absolute atomic E-state index is 13.7. The van der Waals surface area contributed by atoms with Crippen LogP contribution in [0.25, 0.3) is 22.5 Å². The summed E-state index contributed by atoms with van der Waals surface area (Å²) < 4.78 is 42.5. The number of alkyl halides is 3. The lowest BCUT2D eigenvalue weighted by Crippen LogP contribution is -2.44. The van der Waals surface area contributed by atoms with Gasteiger partial charge in [-0.15, -0.1) is 0 Å². The van der Waals surface area contributed by atoms with Gasteiger partial charge in [-0.1, -0.05) is 30.3 Å². The van der Waals surface area contributed by atoms with Crippen molar-refractivity contribution in [2.24, 2.45) is 7.05 Å². The molecule has 2 amide bonds. The quantitative estimate of drug-likeness (QED) is 0.299. The predicted octanol–water partition coefficient (Wildman–Crippen LogP) is 6.09. The summed E-state index contributed by atoms with van der Waals surface area (Å²) in [5.74, 6) is -0.470. The smallest absolute Gasteiger partial charge is 0.417 e. The van der Waals surface area contributed by atoms with Crippen molar-refractivity contribution in [1.82, 2.24) is 24.6 Å². The molecule has 2 heterocycles. The third kappa shape index (κ3) is 6.28. The number of aromatic nitrogens is 4. The van der Waals surface area contributed by atoms with Gasteiger partial charge in [-0.25, -0.2) is 14.8 Å². The highest BCUT2D eigenvalue weighted by molar-refractivity contribution is 6.06. The van der Waals surface area contributed by atoms with Gasteiger partial charge in [-0.05, 0) is 45.0 Å². The van der Waals surface area contributed by atoms with Crippen LogP contribution in [0, 0.1) is 0 Å². The van der Waals surface area contributed by atoms with Crippen LogP contribution in [0.5, 0.6) is 0 Å². The summed E-state index contributed by atoms with van der Waals surface area (Å²) in [5.41, 5.74) is -0.657. The van der Waals surface area contributed by atoms with Crippen LogP contribution in [0.15, 0.2) is 67.0 Å². The van der Waals surface area contributed by atoms with Gasteiger partial charge in [0.05, 0.1) is 35.4 Å². The van der Waals surface area contributed by atoms with Crippen LogP contribution in [-0.2, 0) is 19.8 Å². The van der Waals surface area contributed by atoms with Crippen molar-refractivity contribution in [3.8, 4) is 22.5 Å². The zero-order chi connectivity index (χ0) is 29.2. The van der Waals surface area contributed by atoms with Crippen LogP contribution in [0.1, 0.15) is 42.5 Å². The summed E-state index contributed by atoms with van der Waals surface area (Å²) >= 11 is 0. The molecule has 0 aliphatic rings. The number of anilines is 1. The highest BCUT2D eigenvalue weighted by Gasteiger charge is 2.35. The van der Waals surface area contributed by atoms with Crippen molar-refractivity contribution < 1.29 is 27.9 Å². The molecule has 12 heteroatoms. The van der Waals surface area contributed by atoms with Gasteiger partial charge >= 0.3 is 12.3 Å². The molecule has 0 radical (unpaired) electrons. The molecule has 0 unspecified atom stereocenters. The van der Waals surface area contributed by atoms with Crippen LogP contribution < -0.4 is 5.32 Å². The minimum atomic E-state index is -4.65. The van der Waals surface area contributed by atoms with Crippen molar-refractivity contribution in [2.45, 2.75) is 39.0 Å². The van der Waals surface area contributed by atoms with E-state index < -0.39 is 29.3 Å². The largest absolute Gasteiger partial charge is 0.465 e. The lowest BCUT2D eigenvalue weighted by molar-refractivity contribution is -0.137. The van der Waals surface area contributed by atoms with E-state index in [1.54, 1.807) is 58.2 Å². The van der Waals surface area contributed by atoms with Crippen LogP contribution in [-0.4, -0.2) is 47.3 Å². The Kier molecular flexibility index (Phi) is 7.63. The summed E-state index contributed by atoms with van der Waals surface area (Å²) in [6, 6.07) is 13.4. The molecule has 40 heavy (non-hydrogen) atoms. The van der Waals surface area contributed by atoms with E-state index in [0.29, 0.717) is 11.3 Å². The number of benzene rings is 2. The van der Waals surface area contributed by atoms with Crippen molar-refractivity contribution in [1.29, 1.82) is 0 Å². The van der Waals surface area contributed by atoms with E-state index in [9.17, 15) is 27.9 Å². The Morgan fingerprint density at radius 2 is 1.75 bits per heavy atom. The molecule has 0 atom stereocenters. The third-order valence-corrected chi connectivity index (χ3v) is 6.05. The number of nitrogens with zero attached hydrogens (tertiary/aromatic N) is 5.